The quantitative estimate of drug-likeness (QED) is 0.796. The van der Waals surface area contributed by atoms with Gasteiger partial charge in [-0.05, 0) is 30.2 Å². The molecule has 0 aliphatic heterocycles. The second-order valence-electron chi connectivity index (χ2n) is 3.91. The molecule has 0 aromatic carbocycles. The van der Waals surface area contributed by atoms with Crippen LogP contribution in [0.2, 0.25) is 0 Å². The largest absolute Gasteiger partial charge is 0.478 e. The Kier molecular flexibility index (Phi) is 3.21. The summed E-state index contributed by atoms with van der Waals surface area (Å²) in [4.78, 5) is 12.0. The van der Waals surface area contributed by atoms with Crippen molar-refractivity contribution in [2.75, 3.05) is 0 Å². The summed E-state index contributed by atoms with van der Waals surface area (Å²) in [5.74, 6) is -0.331. The summed E-state index contributed by atoms with van der Waals surface area (Å²) in [5, 5.41) is 11.1. The van der Waals surface area contributed by atoms with Gasteiger partial charge < -0.3 is 5.11 Å². The molecule has 0 spiro atoms. The van der Waals surface area contributed by atoms with Gasteiger partial charge in [0.25, 0.3) is 0 Å². The molecule has 1 saturated carbocycles. The number of allylic oxidation sites excluding steroid dienone is 1. The fourth-order valence-corrected chi connectivity index (χ4v) is 2.79. The van der Waals surface area contributed by atoms with Crippen LogP contribution in [0.3, 0.4) is 0 Å². The Labute approximate surface area is 93.3 Å². The molecule has 15 heavy (non-hydrogen) atoms. The summed E-state index contributed by atoms with van der Waals surface area (Å²) in [5.41, 5.74) is 0.483. The SMILES string of the molecule is O=C(O)/C(=C/C1CCCC1)c1cccs1. The van der Waals surface area contributed by atoms with Crippen molar-refractivity contribution in [1.82, 2.24) is 0 Å². The fraction of sp³-hybridized carbons (Fsp3) is 0.417. The lowest BCUT2D eigenvalue weighted by atomic mass is 10.0. The van der Waals surface area contributed by atoms with Gasteiger partial charge >= 0.3 is 5.97 Å². The van der Waals surface area contributed by atoms with Crippen molar-refractivity contribution < 1.29 is 9.90 Å². The molecule has 0 amide bonds. The molecule has 1 aliphatic carbocycles. The monoisotopic (exact) mass is 222 g/mol. The Morgan fingerprint density at radius 2 is 2.20 bits per heavy atom. The van der Waals surface area contributed by atoms with Gasteiger partial charge in [-0.25, -0.2) is 4.79 Å². The lowest BCUT2D eigenvalue weighted by Gasteiger charge is -2.04. The van der Waals surface area contributed by atoms with Gasteiger partial charge in [-0.3, -0.25) is 0 Å². The smallest absolute Gasteiger partial charge is 0.336 e. The van der Waals surface area contributed by atoms with E-state index in [1.54, 1.807) is 0 Å². The molecule has 2 rings (SSSR count). The van der Waals surface area contributed by atoms with Crippen molar-refractivity contribution in [3.05, 3.63) is 28.5 Å². The Balaban J connectivity index is 2.23. The Bertz CT molecular complexity index is 359. The van der Waals surface area contributed by atoms with Crippen molar-refractivity contribution in [3.63, 3.8) is 0 Å². The first kappa shape index (κ1) is 10.4. The maximum Gasteiger partial charge on any atom is 0.336 e. The van der Waals surface area contributed by atoms with E-state index in [1.165, 1.54) is 24.2 Å². The maximum atomic E-state index is 11.1. The second-order valence-corrected chi connectivity index (χ2v) is 4.86. The molecule has 0 atom stereocenters. The molecule has 0 radical (unpaired) electrons. The summed E-state index contributed by atoms with van der Waals surface area (Å²) in [6.07, 6.45) is 6.70. The van der Waals surface area contributed by atoms with Crippen LogP contribution in [-0.2, 0) is 4.79 Å². The summed E-state index contributed by atoms with van der Waals surface area (Å²) < 4.78 is 0. The third-order valence-electron chi connectivity index (χ3n) is 2.82. The van der Waals surface area contributed by atoms with E-state index in [1.807, 2.05) is 23.6 Å². The van der Waals surface area contributed by atoms with Crippen molar-refractivity contribution in [2.45, 2.75) is 25.7 Å². The molecule has 1 aromatic rings. The highest BCUT2D eigenvalue weighted by atomic mass is 32.1. The maximum absolute atomic E-state index is 11.1. The normalized spacial score (nSPS) is 18.3. The molecule has 2 nitrogen and oxygen atoms in total. The van der Waals surface area contributed by atoms with Gasteiger partial charge in [0, 0.05) is 4.88 Å². The van der Waals surface area contributed by atoms with Gasteiger partial charge in [0.15, 0.2) is 0 Å². The standard InChI is InChI=1S/C12H14O2S/c13-12(14)10(11-6-3-7-15-11)8-9-4-1-2-5-9/h3,6-9H,1-2,4-5H2,(H,13,14)/b10-8+. The molecule has 0 unspecified atom stereocenters. The predicted molar refractivity (Wildman–Crippen MR) is 61.9 cm³/mol. The van der Waals surface area contributed by atoms with Crippen molar-refractivity contribution >= 4 is 22.9 Å². The van der Waals surface area contributed by atoms with Gasteiger partial charge in [-0.15, -0.1) is 11.3 Å². The topological polar surface area (TPSA) is 37.3 Å². The van der Waals surface area contributed by atoms with E-state index < -0.39 is 5.97 Å². The number of carboxylic acids is 1. The third-order valence-corrected chi connectivity index (χ3v) is 3.72. The van der Waals surface area contributed by atoms with Crippen LogP contribution in [0.15, 0.2) is 23.6 Å². The third kappa shape index (κ3) is 2.48. The molecule has 80 valence electrons. The molecule has 1 fully saturated rings. The molecular weight excluding hydrogens is 208 g/mol. The number of carboxylic acid groups (broad SMARTS) is 1. The van der Waals surface area contributed by atoms with Crippen LogP contribution in [-0.4, -0.2) is 11.1 Å². The molecular formula is C12H14O2S. The van der Waals surface area contributed by atoms with Gasteiger partial charge in [-0.1, -0.05) is 25.0 Å². The number of hydrogen-bond acceptors (Lipinski definition) is 2. The van der Waals surface area contributed by atoms with Crippen LogP contribution in [0.4, 0.5) is 0 Å². The number of carbonyl (C=O) groups is 1. The van der Waals surface area contributed by atoms with Crippen molar-refractivity contribution in [3.8, 4) is 0 Å². The Morgan fingerprint density at radius 3 is 2.73 bits per heavy atom. The zero-order valence-corrected chi connectivity index (χ0v) is 9.30. The van der Waals surface area contributed by atoms with E-state index in [9.17, 15) is 4.79 Å². The molecule has 1 heterocycles. The van der Waals surface area contributed by atoms with E-state index in [2.05, 4.69) is 0 Å². The summed E-state index contributed by atoms with van der Waals surface area (Å²) in [6.45, 7) is 0. The van der Waals surface area contributed by atoms with Gasteiger partial charge in [0.1, 0.15) is 0 Å². The minimum Gasteiger partial charge on any atom is -0.478 e. The molecule has 0 saturated heterocycles. The van der Waals surface area contributed by atoms with Crippen LogP contribution < -0.4 is 0 Å². The first-order valence-corrected chi connectivity index (χ1v) is 6.14. The summed E-state index contributed by atoms with van der Waals surface area (Å²) >= 11 is 1.49. The minimum atomic E-state index is -0.802. The van der Waals surface area contributed by atoms with Gasteiger partial charge in [0.2, 0.25) is 0 Å². The Morgan fingerprint density at radius 1 is 1.47 bits per heavy atom. The first-order valence-electron chi connectivity index (χ1n) is 5.26. The zero-order chi connectivity index (χ0) is 10.7. The average molecular weight is 222 g/mol. The van der Waals surface area contributed by atoms with E-state index in [-0.39, 0.29) is 0 Å². The van der Waals surface area contributed by atoms with E-state index in [4.69, 9.17) is 5.11 Å². The average Bonchev–Trinajstić information content (AvgIpc) is 2.87. The molecule has 1 N–H and O–H groups in total. The number of aliphatic carboxylic acids is 1. The highest BCUT2D eigenvalue weighted by Gasteiger charge is 2.17. The first-order chi connectivity index (χ1) is 7.27. The zero-order valence-electron chi connectivity index (χ0n) is 8.48. The van der Waals surface area contributed by atoms with Crippen LogP contribution >= 0.6 is 11.3 Å². The van der Waals surface area contributed by atoms with Crippen LogP contribution in [0.25, 0.3) is 5.57 Å². The van der Waals surface area contributed by atoms with Crippen molar-refractivity contribution in [2.24, 2.45) is 5.92 Å². The van der Waals surface area contributed by atoms with Crippen molar-refractivity contribution in [1.29, 1.82) is 0 Å². The predicted octanol–water partition coefficient (Wildman–Crippen LogP) is 3.41. The van der Waals surface area contributed by atoms with E-state index in [0.29, 0.717) is 11.5 Å². The van der Waals surface area contributed by atoms with Crippen LogP contribution in [0, 0.1) is 5.92 Å². The number of rotatable bonds is 3. The molecule has 3 heteroatoms. The number of thiophene rings is 1. The number of hydrogen-bond donors (Lipinski definition) is 1. The van der Waals surface area contributed by atoms with E-state index >= 15 is 0 Å². The van der Waals surface area contributed by atoms with E-state index in [0.717, 1.165) is 17.7 Å². The van der Waals surface area contributed by atoms with Crippen LogP contribution in [0.1, 0.15) is 30.6 Å². The lowest BCUT2D eigenvalue weighted by Crippen LogP contribution is -2.00. The minimum absolute atomic E-state index is 0.471. The van der Waals surface area contributed by atoms with Gasteiger partial charge in [0.05, 0.1) is 5.57 Å². The second kappa shape index (κ2) is 4.62. The lowest BCUT2D eigenvalue weighted by molar-refractivity contribution is -0.130. The molecule has 0 bridgehead atoms. The molecule has 1 aromatic heterocycles. The van der Waals surface area contributed by atoms with Gasteiger partial charge in [-0.2, -0.15) is 0 Å². The highest BCUT2D eigenvalue weighted by Crippen LogP contribution is 2.30. The summed E-state index contributed by atoms with van der Waals surface area (Å²) in [7, 11) is 0. The summed E-state index contributed by atoms with van der Waals surface area (Å²) in [6, 6.07) is 3.77. The van der Waals surface area contributed by atoms with Crippen LogP contribution in [0.5, 0.6) is 0 Å². The molecule has 1 aliphatic rings. The highest BCUT2D eigenvalue weighted by molar-refractivity contribution is 7.11. The fourth-order valence-electron chi connectivity index (χ4n) is 2.05. The Hall–Kier alpha value is -1.09.